The number of alkyl halides is 3. The van der Waals surface area contributed by atoms with Crippen LogP contribution in [0.2, 0.25) is 0 Å². The third-order valence-corrected chi connectivity index (χ3v) is 6.68. The van der Waals surface area contributed by atoms with Crippen LogP contribution in [0.25, 0.3) is 0 Å². The fourth-order valence-electron chi connectivity index (χ4n) is 3.04. The molecule has 0 saturated carbocycles. The number of aromatic nitrogens is 3. The van der Waals surface area contributed by atoms with Crippen LogP contribution in [-0.4, -0.2) is 68.1 Å². The standard InChI is InChI=1S/C16H21F3N6O3S/c1-10-14(11(2)28-22-10)29(26,27)25-7-5-24(6-8-25)15-20-12(16(17,18)19)9-13(21-15)23(3)4/h9H,5-8H2,1-4H3. The lowest BCUT2D eigenvalue weighted by Crippen LogP contribution is -2.49. The maximum Gasteiger partial charge on any atom is 0.433 e. The minimum absolute atomic E-state index is 0.0242. The third-order valence-electron chi connectivity index (χ3n) is 4.54. The van der Waals surface area contributed by atoms with Crippen LogP contribution in [0.5, 0.6) is 0 Å². The van der Waals surface area contributed by atoms with E-state index >= 15 is 0 Å². The fraction of sp³-hybridized carbons (Fsp3) is 0.562. The zero-order valence-corrected chi connectivity index (χ0v) is 17.2. The van der Waals surface area contributed by atoms with Crippen molar-refractivity contribution in [3.63, 3.8) is 0 Å². The second-order valence-corrected chi connectivity index (χ2v) is 8.72. The summed E-state index contributed by atoms with van der Waals surface area (Å²) in [4.78, 5) is 10.9. The molecule has 0 spiro atoms. The van der Waals surface area contributed by atoms with Gasteiger partial charge in [0.15, 0.2) is 11.5 Å². The summed E-state index contributed by atoms with van der Waals surface area (Å²) < 4.78 is 71.6. The van der Waals surface area contributed by atoms with Gasteiger partial charge in [-0.2, -0.15) is 22.5 Å². The van der Waals surface area contributed by atoms with Gasteiger partial charge in [-0.25, -0.2) is 13.4 Å². The van der Waals surface area contributed by atoms with Crippen LogP contribution in [0.4, 0.5) is 24.9 Å². The molecule has 3 heterocycles. The Morgan fingerprint density at radius 3 is 2.21 bits per heavy atom. The number of sulfonamides is 1. The van der Waals surface area contributed by atoms with Crippen molar-refractivity contribution < 1.29 is 26.1 Å². The Hall–Kier alpha value is -2.41. The van der Waals surface area contributed by atoms with Crippen LogP contribution in [0.3, 0.4) is 0 Å². The molecule has 0 amide bonds. The van der Waals surface area contributed by atoms with Gasteiger partial charge in [0, 0.05) is 46.3 Å². The van der Waals surface area contributed by atoms with Crippen molar-refractivity contribution in [1.82, 2.24) is 19.4 Å². The van der Waals surface area contributed by atoms with Crippen molar-refractivity contribution in [2.24, 2.45) is 0 Å². The van der Waals surface area contributed by atoms with E-state index in [4.69, 9.17) is 4.52 Å². The second kappa shape index (κ2) is 7.44. The molecule has 0 radical (unpaired) electrons. The van der Waals surface area contributed by atoms with E-state index in [-0.39, 0.29) is 54.3 Å². The second-order valence-electron chi connectivity index (χ2n) is 6.85. The number of hydrogen-bond donors (Lipinski definition) is 0. The van der Waals surface area contributed by atoms with E-state index in [0.29, 0.717) is 0 Å². The van der Waals surface area contributed by atoms with Crippen molar-refractivity contribution in [3.8, 4) is 0 Å². The monoisotopic (exact) mass is 434 g/mol. The largest absolute Gasteiger partial charge is 0.433 e. The van der Waals surface area contributed by atoms with Crippen LogP contribution in [0.1, 0.15) is 17.1 Å². The molecule has 29 heavy (non-hydrogen) atoms. The molecule has 0 aliphatic carbocycles. The summed E-state index contributed by atoms with van der Waals surface area (Å²) in [5, 5.41) is 3.68. The Kier molecular flexibility index (Phi) is 5.47. The smallest absolute Gasteiger partial charge is 0.363 e. The van der Waals surface area contributed by atoms with Crippen LogP contribution in [0, 0.1) is 13.8 Å². The van der Waals surface area contributed by atoms with Gasteiger partial charge in [0.2, 0.25) is 16.0 Å². The quantitative estimate of drug-likeness (QED) is 0.717. The molecule has 1 fully saturated rings. The number of anilines is 2. The molecular weight excluding hydrogens is 413 g/mol. The van der Waals surface area contributed by atoms with E-state index in [2.05, 4.69) is 15.1 Å². The first-order valence-electron chi connectivity index (χ1n) is 8.73. The van der Waals surface area contributed by atoms with Crippen LogP contribution < -0.4 is 9.80 Å². The van der Waals surface area contributed by atoms with E-state index in [1.807, 2.05) is 0 Å². The highest BCUT2D eigenvalue weighted by atomic mass is 32.2. The predicted molar refractivity (Wildman–Crippen MR) is 98.3 cm³/mol. The first kappa shape index (κ1) is 21.3. The molecule has 160 valence electrons. The van der Waals surface area contributed by atoms with Crippen molar-refractivity contribution in [2.45, 2.75) is 24.9 Å². The summed E-state index contributed by atoms with van der Waals surface area (Å²) in [6, 6.07) is 0.877. The molecule has 0 bridgehead atoms. The molecule has 9 nitrogen and oxygen atoms in total. The van der Waals surface area contributed by atoms with Gasteiger partial charge in [0.25, 0.3) is 0 Å². The molecule has 2 aromatic rings. The number of piperazine rings is 1. The molecule has 0 atom stereocenters. The lowest BCUT2D eigenvalue weighted by molar-refractivity contribution is -0.141. The van der Waals surface area contributed by atoms with Crippen LogP contribution >= 0.6 is 0 Å². The minimum atomic E-state index is -4.61. The third kappa shape index (κ3) is 4.15. The van der Waals surface area contributed by atoms with Gasteiger partial charge in [-0.1, -0.05) is 5.16 Å². The first-order valence-corrected chi connectivity index (χ1v) is 10.2. The number of rotatable bonds is 4. The van der Waals surface area contributed by atoms with Gasteiger partial charge in [0.05, 0.1) is 0 Å². The molecule has 1 aliphatic heterocycles. The minimum Gasteiger partial charge on any atom is -0.363 e. The van der Waals surface area contributed by atoms with Crippen molar-refractivity contribution in [3.05, 3.63) is 23.2 Å². The number of halogens is 3. The normalized spacial score (nSPS) is 16.3. The molecule has 0 N–H and O–H groups in total. The van der Waals surface area contributed by atoms with Gasteiger partial charge < -0.3 is 14.3 Å². The molecule has 13 heteroatoms. The van der Waals surface area contributed by atoms with Crippen molar-refractivity contribution >= 4 is 21.8 Å². The predicted octanol–water partition coefficient (Wildman–Crippen LogP) is 1.68. The lowest BCUT2D eigenvalue weighted by Gasteiger charge is -2.34. The summed E-state index contributed by atoms with van der Waals surface area (Å²) >= 11 is 0. The zero-order valence-electron chi connectivity index (χ0n) is 16.4. The lowest BCUT2D eigenvalue weighted by atomic mass is 10.3. The van der Waals surface area contributed by atoms with E-state index in [0.717, 1.165) is 6.07 Å². The fourth-order valence-corrected chi connectivity index (χ4v) is 4.75. The van der Waals surface area contributed by atoms with E-state index in [1.54, 1.807) is 25.9 Å². The highest BCUT2D eigenvalue weighted by Crippen LogP contribution is 2.31. The zero-order chi connectivity index (χ0) is 21.6. The topological polar surface area (TPSA) is 95.7 Å². The molecular formula is C16H21F3N6O3S. The van der Waals surface area contributed by atoms with Crippen molar-refractivity contribution in [2.75, 3.05) is 50.1 Å². The van der Waals surface area contributed by atoms with Crippen molar-refractivity contribution in [1.29, 1.82) is 0 Å². The summed E-state index contributed by atoms with van der Waals surface area (Å²) in [6.07, 6.45) is -4.61. The average Bonchev–Trinajstić information content (AvgIpc) is 2.99. The Labute approximate surface area is 166 Å². The summed E-state index contributed by atoms with van der Waals surface area (Å²) in [7, 11) is -0.650. The molecule has 0 aromatic carbocycles. The van der Waals surface area contributed by atoms with Crippen LogP contribution in [0.15, 0.2) is 15.5 Å². The summed E-state index contributed by atoms with van der Waals surface area (Å²) in [5.74, 6) is 0.229. The number of aryl methyl sites for hydroxylation is 2. The number of hydrogen-bond acceptors (Lipinski definition) is 8. The highest BCUT2D eigenvalue weighted by molar-refractivity contribution is 7.89. The van der Waals surface area contributed by atoms with E-state index < -0.39 is 21.9 Å². The first-order chi connectivity index (χ1) is 13.4. The van der Waals surface area contributed by atoms with Gasteiger partial charge >= 0.3 is 6.18 Å². The Bertz CT molecular complexity index is 978. The van der Waals surface area contributed by atoms with Gasteiger partial charge in [-0.15, -0.1) is 0 Å². The maximum absolute atomic E-state index is 13.2. The summed E-state index contributed by atoms with van der Waals surface area (Å²) in [6.45, 7) is 3.50. The summed E-state index contributed by atoms with van der Waals surface area (Å²) in [5.41, 5.74) is -0.779. The van der Waals surface area contributed by atoms with Crippen LogP contribution in [-0.2, 0) is 16.2 Å². The van der Waals surface area contributed by atoms with E-state index in [1.165, 1.54) is 16.1 Å². The Morgan fingerprint density at radius 1 is 1.10 bits per heavy atom. The van der Waals surface area contributed by atoms with Gasteiger partial charge in [-0.05, 0) is 13.8 Å². The molecule has 3 rings (SSSR count). The number of nitrogens with zero attached hydrogens (tertiary/aromatic N) is 6. The van der Waals surface area contributed by atoms with E-state index in [9.17, 15) is 21.6 Å². The van der Waals surface area contributed by atoms with Gasteiger partial charge in [-0.3, -0.25) is 0 Å². The maximum atomic E-state index is 13.2. The average molecular weight is 434 g/mol. The molecule has 1 saturated heterocycles. The Morgan fingerprint density at radius 2 is 1.72 bits per heavy atom. The SMILES string of the molecule is Cc1noc(C)c1S(=O)(=O)N1CCN(c2nc(N(C)C)cc(C(F)(F)F)n2)CC1. The molecule has 1 aliphatic rings. The molecule has 0 unspecified atom stereocenters. The van der Waals surface area contributed by atoms with Gasteiger partial charge in [0.1, 0.15) is 16.4 Å². The Balaban J connectivity index is 1.83. The molecule has 2 aromatic heterocycles. The highest BCUT2D eigenvalue weighted by Gasteiger charge is 2.36.